The summed E-state index contributed by atoms with van der Waals surface area (Å²) < 4.78 is 12.6. The van der Waals surface area contributed by atoms with Crippen LogP contribution in [0.15, 0.2) is 35.9 Å². The average Bonchev–Trinajstić information content (AvgIpc) is 2.99. The molecule has 1 saturated heterocycles. The first-order valence-electron chi connectivity index (χ1n) is 8.87. The molecular weight excluding hydrogens is 342 g/mol. The molecule has 6 heteroatoms. The lowest BCUT2D eigenvalue weighted by atomic mass is 10.1. The molecule has 1 fully saturated rings. The zero-order valence-corrected chi connectivity index (χ0v) is 15.9. The van der Waals surface area contributed by atoms with E-state index in [-0.39, 0.29) is 11.5 Å². The molecule has 1 aliphatic rings. The van der Waals surface area contributed by atoms with Gasteiger partial charge >= 0.3 is 0 Å². The Morgan fingerprint density at radius 2 is 1.89 bits per heavy atom. The lowest BCUT2D eigenvalue weighted by molar-refractivity contribution is -0.130. The van der Waals surface area contributed by atoms with Gasteiger partial charge in [0, 0.05) is 30.2 Å². The monoisotopic (exact) mass is 365 g/mol. The minimum Gasteiger partial charge on any atom is -0.497 e. The number of ether oxygens (including phenoxy) is 2. The Hall–Kier alpha value is -3.04. The van der Waals surface area contributed by atoms with Crippen LogP contribution in [0.25, 0.3) is 11.8 Å². The average molecular weight is 365 g/mol. The third-order valence-electron chi connectivity index (χ3n) is 4.75. The highest BCUT2D eigenvalue weighted by Crippen LogP contribution is 2.24. The number of carbonyl (C=O) groups is 1. The summed E-state index contributed by atoms with van der Waals surface area (Å²) in [6, 6.07) is 11.8. The van der Waals surface area contributed by atoms with Crippen molar-refractivity contribution in [1.29, 1.82) is 5.26 Å². The normalized spacial score (nSPS) is 14.7. The Morgan fingerprint density at radius 3 is 2.48 bits per heavy atom. The molecule has 0 N–H and O–H groups in total. The Morgan fingerprint density at radius 1 is 1.22 bits per heavy atom. The molecule has 0 aliphatic carbocycles. The summed E-state index contributed by atoms with van der Waals surface area (Å²) in [6.07, 6.45) is 1.68. The first-order chi connectivity index (χ1) is 13.0. The van der Waals surface area contributed by atoms with E-state index in [1.165, 1.54) is 0 Å². The maximum Gasteiger partial charge on any atom is 0.264 e. The van der Waals surface area contributed by atoms with Crippen molar-refractivity contribution < 1.29 is 14.3 Å². The maximum absolute atomic E-state index is 12.6. The number of rotatable bonds is 4. The van der Waals surface area contributed by atoms with Crippen molar-refractivity contribution >= 4 is 12.0 Å². The fourth-order valence-electron chi connectivity index (χ4n) is 3.30. The van der Waals surface area contributed by atoms with Gasteiger partial charge in [0.2, 0.25) is 0 Å². The van der Waals surface area contributed by atoms with Crippen LogP contribution in [0.3, 0.4) is 0 Å². The minimum absolute atomic E-state index is 0.145. The van der Waals surface area contributed by atoms with Gasteiger partial charge in [0.05, 0.1) is 20.3 Å². The number of hydrogen-bond donors (Lipinski definition) is 0. The molecule has 0 atom stereocenters. The van der Waals surface area contributed by atoms with Gasteiger partial charge in [0.25, 0.3) is 5.91 Å². The van der Waals surface area contributed by atoms with E-state index in [2.05, 4.69) is 10.6 Å². The second-order valence-electron chi connectivity index (χ2n) is 6.43. The lowest BCUT2D eigenvalue weighted by Gasteiger charge is -2.26. The zero-order valence-electron chi connectivity index (χ0n) is 15.9. The van der Waals surface area contributed by atoms with Crippen molar-refractivity contribution in [2.75, 3.05) is 33.4 Å². The first-order valence-corrected chi connectivity index (χ1v) is 8.87. The van der Waals surface area contributed by atoms with Crippen LogP contribution in [0.5, 0.6) is 5.75 Å². The molecule has 0 radical (unpaired) electrons. The number of amides is 1. The van der Waals surface area contributed by atoms with Crippen LogP contribution in [0.1, 0.15) is 17.0 Å². The molecule has 0 spiro atoms. The molecule has 3 rings (SSSR count). The second-order valence-corrected chi connectivity index (χ2v) is 6.43. The van der Waals surface area contributed by atoms with Crippen LogP contribution in [-0.4, -0.2) is 48.8 Å². The molecule has 1 aromatic carbocycles. The first kappa shape index (κ1) is 18.7. The predicted octanol–water partition coefficient (Wildman–Crippen LogP) is 2.87. The summed E-state index contributed by atoms with van der Waals surface area (Å²) in [6.45, 7) is 6.04. The van der Waals surface area contributed by atoms with Gasteiger partial charge in [-0.1, -0.05) is 0 Å². The number of methoxy groups -OCH3 is 1. The van der Waals surface area contributed by atoms with Gasteiger partial charge in [-0.3, -0.25) is 4.79 Å². The number of aryl methyl sites for hydroxylation is 1. The molecule has 27 heavy (non-hydrogen) atoms. The predicted molar refractivity (Wildman–Crippen MR) is 103 cm³/mol. The van der Waals surface area contributed by atoms with E-state index >= 15 is 0 Å². The van der Waals surface area contributed by atoms with Crippen molar-refractivity contribution in [3.05, 3.63) is 52.9 Å². The van der Waals surface area contributed by atoms with E-state index < -0.39 is 0 Å². The summed E-state index contributed by atoms with van der Waals surface area (Å²) in [5, 5.41) is 9.51. The fraction of sp³-hybridized carbons (Fsp3) is 0.333. The smallest absolute Gasteiger partial charge is 0.264 e. The molecular formula is C21H23N3O3. The number of hydrogen-bond acceptors (Lipinski definition) is 4. The third-order valence-corrected chi connectivity index (χ3v) is 4.75. The summed E-state index contributed by atoms with van der Waals surface area (Å²) >= 11 is 0. The molecule has 1 amide bonds. The zero-order chi connectivity index (χ0) is 19.4. The SMILES string of the molecule is COc1ccc(-n2c(C)cc(/C=C(\C#N)C(=O)N3CCOCC3)c2C)cc1. The van der Waals surface area contributed by atoms with Gasteiger partial charge < -0.3 is 18.9 Å². The summed E-state index contributed by atoms with van der Waals surface area (Å²) in [5.74, 6) is 0.555. The van der Waals surface area contributed by atoms with Crippen molar-refractivity contribution in [2.24, 2.45) is 0 Å². The lowest BCUT2D eigenvalue weighted by Crippen LogP contribution is -2.41. The van der Waals surface area contributed by atoms with E-state index in [9.17, 15) is 10.1 Å². The largest absolute Gasteiger partial charge is 0.497 e. The quantitative estimate of drug-likeness (QED) is 0.617. The molecule has 6 nitrogen and oxygen atoms in total. The molecule has 2 heterocycles. The summed E-state index contributed by atoms with van der Waals surface area (Å²) in [5.41, 5.74) is 4.01. The fourth-order valence-corrected chi connectivity index (χ4v) is 3.30. The third kappa shape index (κ3) is 3.88. The van der Waals surface area contributed by atoms with Crippen molar-refractivity contribution in [3.63, 3.8) is 0 Å². The van der Waals surface area contributed by atoms with E-state index in [0.717, 1.165) is 28.4 Å². The summed E-state index contributed by atoms with van der Waals surface area (Å²) in [4.78, 5) is 14.3. The van der Waals surface area contributed by atoms with Crippen molar-refractivity contribution in [1.82, 2.24) is 9.47 Å². The Kier molecular flexibility index (Phi) is 5.63. The highest BCUT2D eigenvalue weighted by atomic mass is 16.5. The number of carbonyl (C=O) groups excluding carboxylic acids is 1. The van der Waals surface area contributed by atoms with Crippen LogP contribution < -0.4 is 4.74 Å². The van der Waals surface area contributed by atoms with Crippen LogP contribution >= 0.6 is 0 Å². The van der Waals surface area contributed by atoms with E-state index in [0.29, 0.717) is 26.3 Å². The Balaban J connectivity index is 1.93. The summed E-state index contributed by atoms with van der Waals surface area (Å²) in [7, 11) is 1.64. The Labute approximate surface area is 159 Å². The standard InChI is InChI=1S/C21H23N3O3/c1-15-12-17(13-18(14-22)21(25)23-8-10-27-11-9-23)16(2)24(15)19-4-6-20(26-3)7-5-19/h4-7,12-13H,8-11H2,1-3H3/b18-13+. The van der Waals surface area contributed by atoms with E-state index in [4.69, 9.17) is 9.47 Å². The highest BCUT2D eigenvalue weighted by molar-refractivity contribution is 6.01. The van der Waals surface area contributed by atoms with Gasteiger partial charge in [-0.25, -0.2) is 0 Å². The number of benzene rings is 1. The van der Waals surface area contributed by atoms with Crippen LogP contribution in [0, 0.1) is 25.2 Å². The molecule has 0 saturated carbocycles. The van der Waals surface area contributed by atoms with Gasteiger partial charge in [-0.2, -0.15) is 5.26 Å². The topological polar surface area (TPSA) is 67.5 Å². The number of morpholine rings is 1. The van der Waals surface area contributed by atoms with E-state index in [1.807, 2.05) is 44.2 Å². The highest BCUT2D eigenvalue weighted by Gasteiger charge is 2.21. The van der Waals surface area contributed by atoms with Crippen LogP contribution in [0.2, 0.25) is 0 Å². The van der Waals surface area contributed by atoms with Crippen molar-refractivity contribution in [2.45, 2.75) is 13.8 Å². The molecule has 0 unspecified atom stereocenters. The molecule has 1 aromatic heterocycles. The number of nitriles is 1. The van der Waals surface area contributed by atoms with Gasteiger partial charge in [0.1, 0.15) is 17.4 Å². The molecule has 1 aliphatic heterocycles. The van der Waals surface area contributed by atoms with Gasteiger partial charge in [-0.15, -0.1) is 0 Å². The van der Waals surface area contributed by atoms with Crippen LogP contribution in [0.4, 0.5) is 0 Å². The van der Waals surface area contributed by atoms with Gasteiger partial charge in [-0.05, 0) is 55.8 Å². The second kappa shape index (κ2) is 8.11. The van der Waals surface area contributed by atoms with Crippen LogP contribution in [-0.2, 0) is 9.53 Å². The number of nitrogens with zero attached hydrogens (tertiary/aromatic N) is 3. The molecule has 2 aromatic rings. The minimum atomic E-state index is -0.241. The van der Waals surface area contributed by atoms with Crippen molar-refractivity contribution in [3.8, 4) is 17.5 Å². The van der Waals surface area contributed by atoms with Gasteiger partial charge in [0.15, 0.2) is 0 Å². The number of aromatic nitrogens is 1. The van der Waals surface area contributed by atoms with E-state index in [1.54, 1.807) is 18.1 Å². The maximum atomic E-state index is 12.6. The Bertz CT molecular complexity index is 898. The molecule has 0 bridgehead atoms. The molecule has 140 valence electrons.